The molecule has 0 atom stereocenters. The van der Waals surface area contributed by atoms with Crippen molar-refractivity contribution in [3.63, 3.8) is 0 Å². The van der Waals surface area contributed by atoms with Crippen molar-refractivity contribution in [3.8, 4) is 0 Å². The van der Waals surface area contributed by atoms with Crippen molar-refractivity contribution in [2.24, 2.45) is 4.99 Å². The zero-order valence-corrected chi connectivity index (χ0v) is 10.7. The Morgan fingerprint density at radius 2 is 1.76 bits per heavy atom. The summed E-state index contributed by atoms with van der Waals surface area (Å²) in [4.78, 5) is 8.64. The van der Waals surface area contributed by atoms with E-state index in [0.29, 0.717) is 15.7 Å². The van der Waals surface area contributed by atoms with Gasteiger partial charge in [-0.15, -0.1) is 0 Å². The lowest BCUT2D eigenvalue weighted by atomic mass is 10.2. The SMILES string of the molecule is CC(=Nc1c(Cl)cccc1Cl)c1ccccn1. The fourth-order valence-corrected chi connectivity index (χ4v) is 1.88. The molecule has 0 spiro atoms. The molecule has 2 rings (SSSR count). The van der Waals surface area contributed by atoms with E-state index >= 15 is 0 Å². The summed E-state index contributed by atoms with van der Waals surface area (Å²) < 4.78 is 0. The Kier molecular flexibility index (Phi) is 3.77. The van der Waals surface area contributed by atoms with Gasteiger partial charge in [-0.05, 0) is 31.2 Å². The molecule has 0 saturated carbocycles. The molecule has 0 saturated heterocycles. The molecule has 0 bridgehead atoms. The van der Waals surface area contributed by atoms with Gasteiger partial charge in [0.1, 0.15) is 5.69 Å². The highest BCUT2D eigenvalue weighted by Gasteiger charge is 2.05. The minimum atomic E-state index is 0.535. The molecule has 0 fully saturated rings. The lowest BCUT2D eigenvalue weighted by Gasteiger charge is -2.03. The van der Waals surface area contributed by atoms with Crippen LogP contribution in [0.5, 0.6) is 0 Å². The van der Waals surface area contributed by atoms with Crippen LogP contribution in [-0.4, -0.2) is 10.7 Å². The van der Waals surface area contributed by atoms with Gasteiger partial charge in [0.15, 0.2) is 0 Å². The van der Waals surface area contributed by atoms with E-state index in [9.17, 15) is 0 Å². The van der Waals surface area contributed by atoms with Crippen LogP contribution >= 0.6 is 23.2 Å². The van der Waals surface area contributed by atoms with Gasteiger partial charge in [0.25, 0.3) is 0 Å². The lowest BCUT2D eigenvalue weighted by Crippen LogP contribution is -1.96. The second-order valence-electron chi connectivity index (χ2n) is 3.48. The molecule has 1 aromatic heterocycles. The lowest BCUT2D eigenvalue weighted by molar-refractivity contribution is 1.28. The molecule has 1 aromatic carbocycles. The van der Waals surface area contributed by atoms with Crippen LogP contribution in [0, 0.1) is 0 Å². The van der Waals surface area contributed by atoms with Crippen LogP contribution < -0.4 is 0 Å². The third-order valence-corrected chi connectivity index (χ3v) is 2.86. The molecule has 0 aliphatic heterocycles. The Hall–Kier alpha value is -1.38. The Morgan fingerprint density at radius 3 is 2.35 bits per heavy atom. The molecule has 0 unspecified atom stereocenters. The van der Waals surface area contributed by atoms with E-state index in [-0.39, 0.29) is 0 Å². The van der Waals surface area contributed by atoms with E-state index in [1.54, 1.807) is 24.4 Å². The van der Waals surface area contributed by atoms with Gasteiger partial charge in [0.2, 0.25) is 0 Å². The molecule has 17 heavy (non-hydrogen) atoms. The summed E-state index contributed by atoms with van der Waals surface area (Å²) >= 11 is 12.1. The van der Waals surface area contributed by atoms with Gasteiger partial charge >= 0.3 is 0 Å². The van der Waals surface area contributed by atoms with Crippen LogP contribution in [0.4, 0.5) is 5.69 Å². The highest BCUT2D eigenvalue weighted by Crippen LogP contribution is 2.33. The summed E-state index contributed by atoms with van der Waals surface area (Å²) in [5.41, 5.74) is 2.17. The highest BCUT2D eigenvalue weighted by atomic mass is 35.5. The summed E-state index contributed by atoms with van der Waals surface area (Å²) in [6.45, 7) is 1.88. The van der Waals surface area contributed by atoms with E-state index in [2.05, 4.69) is 9.98 Å². The first-order chi connectivity index (χ1) is 8.18. The number of halogens is 2. The molecule has 2 aromatic rings. The molecule has 4 heteroatoms. The fraction of sp³-hybridized carbons (Fsp3) is 0.0769. The first-order valence-corrected chi connectivity index (χ1v) is 5.85. The zero-order chi connectivity index (χ0) is 12.3. The predicted molar refractivity (Wildman–Crippen MR) is 72.6 cm³/mol. The molecule has 2 nitrogen and oxygen atoms in total. The topological polar surface area (TPSA) is 25.2 Å². The Bertz CT molecular complexity index is 530. The number of aliphatic imine (C=N–C) groups is 1. The highest BCUT2D eigenvalue weighted by molar-refractivity contribution is 6.39. The minimum absolute atomic E-state index is 0.535. The number of rotatable bonds is 2. The van der Waals surface area contributed by atoms with Gasteiger partial charge in [0.05, 0.1) is 21.5 Å². The Labute approximate surface area is 110 Å². The van der Waals surface area contributed by atoms with Gasteiger partial charge < -0.3 is 0 Å². The summed E-state index contributed by atoms with van der Waals surface area (Å²) in [5, 5.41) is 1.07. The van der Waals surface area contributed by atoms with Gasteiger partial charge in [-0.2, -0.15) is 0 Å². The van der Waals surface area contributed by atoms with Gasteiger partial charge in [0, 0.05) is 6.20 Å². The van der Waals surface area contributed by atoms with E-state index in [1.165, 1.54) is 0 Å². The molecule has 0 aliphatic carbocycles. The number of hydrogen-bond acceptors (Lipinski definition) is 2. The quantitative estimate of drug-likeness (QED) is 0.732. The molecule has 0 aliphatic rings. The van der Waals surface area contributed by atoms with Gasteiger partial charge in [-0.3, -0.25) is 4.98 Å². The van der Waals surface area contributed by atoms with Crippen LogP contribution in [0.15, 0.2) is 47.6 Å². The molecule has 0 N–H and O–H groups in total. The third-order valence-electron chi connectivity index (χ3n) is 2.25. The van der Waals surface area contributed by atoms with Crippen LogP contribution in [0.25, 0.3) is 0 Å². The number of hydrogen-bond donors (Lipinski definition) is 0. The molecule has 86 valence electrons. The molecule has 0 radical (unpaired) electrons. The number of aromatic nitrogens is 1. The van der Waals surface area contributed by atoms with Crippen molar-refractivity contribution in [2.75, 3.05) is 0 Å². The third kappa shape index (κ3) is 2.84. The maximum atomic E-state index is 6.05. The van der Waals surface area contributed by atoms with Crippen molar-refractivity contribution in [1.29, 1.82) is 0 Å². The average Bonchev–Trinajstić information content (AvgIpc) is 2.35. The maximum Gasteiger partial charge on any atom is 0.101 e. The summed E-state index contributed by atoms with van der Waals surface area (Å²) in [5.74, 6) is 0. The zero-order valence-electron chi connectivity index (χ0n) is 9.19. The van der Waals surface area contributed by atoms with Gasteiger partial charge in [-0.25, -0.2) is 4.99 Å². The van der Waals surface area contributed by atoms with Crippen molar-refractivity contribution < 1.29 is 0 Å². The first kappa shape index (κ1) is 12.1. The Morgan fingerprint density at radius 1 is 1.06 bits per heavy atom. The second-order valence-corrected chi connectivity index (χ2v) is 4.30. The normalized spacial score (nSPS) is 11.6. The molecular weight excluding hydrogens is 255 g/mol. The molecule has 0 amide bonds. The first-order valence-electron chi connectivity index (χ1n) is 5.09. The number of nitrogens with zero attached hydrogens (tertiary/aromatic N) is 2. The number of benzene rings is 1. The fourth-order valence-electron chi connectivity index (χ4n) is 1.40. The summed E-state index contributed by atoms with van der Waals surface area (Å²) in [6.07, 6.45) is 1.72. The number of pyridine rings is 1. The van der Waals surface area contributed by atoms with Crippen LogP contribution in [0.1, 0.15) is 12.6 Å². The largest absolute Gasteiger partial charge is 0.255 e. The van der Waals surface area contributed by atoms with Crippen molar-refractivity contribution >= 4 is 34.6 Å². The Balaban J connectivity index is 2.43. The van der Waals surface area contributed by atoms with Crippen LogP contribution in [-0.2, 0) is 0 Å². The average molecular weight is 265 g/mol. The van der Waals surface area contributed by atoms with E-state index < -0.39 is 0 Å². The molecule has 1 heterocycles. The minimum Gasteiger partial charge on any atom is -0.255 e. The monoisotopic (exact) mass is 264 g/mol. The standard InChI is InChI=1S/C13H10Cl2N2/c1-9(12-7-2-3-8-16-12)17-13-10(14)5-4-6-11(13)15/h2-8H,1H3. The predicted octanol–water partition coefficient (Wildman–Crippen LogP) is 4.53. The van der Waals surface area contributed by atoms with Crippen molar-refractivity contribution in [1.82, 2.24) is 4.98 Å². The maximum absolute atomic E-state index is 6.05. The van der Waals surface area contributed by atoms with E-state index in [1.807, 2.05) is 25.1 Å². The second kappa shape index (κ2) is 5.30. The van der Waals surface area contributed by atoms with Crippen LogP contribution in [0.3, 0.4) is 0 Å². The van der Waals surface area contributed by atoms with Crippen molar-refractivity contribution in [3.05, 3.63) is 58.3 Å². The smallest absolute Gasteiger partial charge is 0.101 e. The molecular formula is C13H10Cl2N2. The van der Waals surface area contributed by atoms with E-state index in [4.69, 9.17) is 23.2 Å². The number of para-hydroxylation sites is 1. The van der Waals surface area contributed by atoms with Gasteiger partial charge in [-0.1, -0.05) is 35.3 Å². The summed E-state index contributed by atoms with van der Waals surface area (Å²) in [7, 11) is 0. The van der Waals surface area contributed by atoms with Crippen molar-refractivity contribution in [2.45, 2.75) is 6.92 Å². The summed E-state index contributed by atoms with van der Waals surface area (Å²) in [6, 6.07) is 11.0. The van der Waals surface area contributed by atoms with E-state index in [0.717, 1.165) is 11.4 Å². The van der Waals surface area contributed by atoms with Crippen LogP contribution in [0.2, 0.25) is 10.0 Å².